The molecule has 18 heavy (non-hydrogen) atoms. The first-order chi connectivity index (χ1) is 8.72. The predicted molar refractivity (Wildman–Crippen MR) is 75.6 cm³/mol. The molecule has 3 rings (SSSR count). The molecule has 1 aliphatic rings. The summed E-state index contributed by atoms with van der Waals surface area (Å²) < 4.78 is 5.56. The topological polar surface area (TPSA) is 63.9 Å². The van der Waals surface area contributed by atoms with E-state index in [1.54, 1.807) is 0 Å². The van der Waals surface area contributed by atoms with Gasteiger partial charge in [0.1, 0.15) is 5.82 Å². The maximum Gasteiger partial charge on any atom is 0.117 e. The number of nitrogen functional groups attached to an aromatic ring is 1. The first-order valence-electron chi connectivity index (χ1n) is 6.20. The van der Waals surface area contributed by atoms with Crippen molar-refractivity contribution < 1.29 is 4.74 Å². The number of fused-ring (bicyclic) bond motifs is 1. The highest BCUT2D eigenvalue weighted by Crippen LogP contribution is 2.28. The van der Waals surface area contributed by atoms with Crippen molar-refractivity contribution in [1.29, 1.82) is 0 Å². The third-order valence-electron chi connectivity index (χ3n) is 3.30. The van der Waals surface area contributed by atoms with Crippen molar-refractivity contribution in [3.63, 3.8) is 0 Å². The van der Waals surface area contributed by atoms with Crippen LogP contribution in [0.2, 0.25) is 0 Å². The number of anilines is 1. The van der Waals surface area contributed by atoms with Crippen LogP contribution in [0.25, 0.3) is 11.0 Å². The molecular formula is C13H17N3OS. The molecule has 3 N–H and O–H groups in total. The number of nitrogens with two attached hydrogens (primary N) is 1. The van der Waals surface area contributed by atoms with Crippen LogP contribution in [0, 0.1) is 0 Å². The van der Waals surface area contributed by atoms with Gasteiger partial charge in [0.15, 0.2) is 0 Å². The molecule has 0 spiro atoms. The highest BCUT2D eigenvalue weighted by molar-refractivity contribution is 7.99. The van der Waals surface area contributed by atoms with Gasteiger partial charge in [-0.15, -0.1) is 11.8 Å². The van der Waals surface area contributed by atoms with Gasteiger partial charge in [-0.1, -0.05) is 0 Å². The number of rotatable bonds is 3. The van der Waals surface area contributed by atoms with Crippen molar-refractivity contribution >= 4 is 28.5 Å². The lowest BCUT2D eigenvalue weighted by Crippen LogP contribution is -2.13. The molecular weight excluding hydrogens is 246 g/mol. The summed E-state index contributed by atoms with van der Waals surface area (Å²) in [6.07, 6.45) is 1.49. The van der Waals surface area contributed by atoms with Gasteiger partial charge in [0.2, 0.25) is 0 Å². The summed E-state index contributed by atoms with van der Waals surface area (Å²) in [7, 11) is 0. The Kier molecular flexibility index (Phi) is 3.18. The van der Waals surface area contributed by atoms with Crippen molar-refractivity contribution in [2.75, 3.05) is 12.3 Å². The van der Waals surface area contributed by atoms with Crippen LogP contribution in [-0.4, -0.2) is 27.9 Å². The first-order valence-corrected chi connectivity index (χ1v) is 7.24. The molecule has 1 aromatic heterocycles. The molecule has 0 radical (unpaired) electrons. The molecule has 1 aliphatic heterocycles. The number of nitrogens with zero attached hydrogens (tertiary/aromatic N) is 1. The minimum Gasteiger partial charge on any atom is -0.399 e. The van der Waals surface area contributed by atoms with E-state index in [0.29, 0.717) is 11.4 Å². The summed E-state index contributed by atoms with van der Waals surface area (Å²) in [6, 6.07) is 5.77. The molecule has 0 bridgehead atoms. The number of imidazole rings is 1. The molecule has 2 atom stereocenters. The van der Waals surface area contributed by atoms with E-state index in [-0.39, 0.29) is 0 Å². The molecule has 96 valence electrons. The van der Waals surface area contributed by atoms with Gasteiger partial charge in [-0.25, -0.2) is 4.98 Å². The number of benzene rings is 1. The maximum atomic E-state index is 5.76. The van der Waals surface area contributed by atoms with Gasteiger partial charge >= 0.3 is 0 Å². The van der Waals surface area contributed by atoms with Gasteiger partial charge in [-0.2, -0.15) is 0 Å². The fraction of sp³-hybridized carbons (Fsp3) is 0.462. The quantitative estimate of drug-likeness (QED) is 0.835. The molecule has 4 nitrogen and oxygen atoms in total. The molecule has 1 saturated heterocycles. The normalized spacial score (nSPS) is 23.8. The minimum atomic E-state index is 0.357. The fourth-order valence-electron chi connectivity index (χ4n) is 2.27. The Morgan fingerprint density at radius 1 is 1.56 bits per heavy atom. The van der Waals surface area contributed by atoms with Crippen molar-refractivity contribution in [3.05, 3.63) is 24.0 Å². The van der Waals surface area contributed by atoms with E-state index in [9.17, 15) is 0 Å². The molecule has 2 heterocycles. The van der Waals surface area contributed by atoms with E-state index < -0.39 is 0 Å². The lowest BCUT2D eigenvalue weighted by molar-refractivity contribution is 0.127. The maximum absolute atomic E-state index is 5.76. The van der Waals surface area contributed by atoms with Crippen LogP contribution in [0.15, 0.2) is 18.2 Å². The van der Waals surface area contributed by atoms with Crippen molar-refractivity contribution in [2.24, 2.45) is 0 Å². The number of nitrogens with one attached hydrogen (secondary N) is 1. The van der Waals surface area contributed by atoms with E-state index >= 15 is 0 Å². The van der Waals surface area contributed by atoms with E-state index in [4.69, 9.17) is 10.5 Å². The Morgan fingerprint density at radius 2 is 2.44 bits per heavy atom. The summed E-state index contributed by atoms with van der Waals surface area (Å²) in [5.41, 5.74) is 8.52. The average molecular weight is 263 g/mol. The molecule has 2 aromatic rings. The molecule has 0 saturated carbocycles. The summed E-state index contributed by atoms with van der Waals surface area (Å²) in [5, 5.41) is 0.586. The standard InChI is InChI=1S/C13H17N3OS/c1-8-12(4-5-17-8)18-7-13-15-10-3-2-9(14)6-11(10)16-13/h2-3,6,8,12H,4-5,7,14H2,1H3,(H,15,16). The minimum absolute atomic E-state index is 0.357. The van der Waals surface area contributed by atoms with Crippen LogP contribution in [-0.2, 0) is 10.5 Å². The van der Waals surface area contributed by atoms with Crippen LogP contribution < -0.4 is 5.73 Å². The van der Waals surface area contributed by atoms with Gasteiger partial charge in [-0.05, 0) is 31.5 Å². The van der Waals surface area contributed by atoms with Gasteiger partial charge in [-0.3, -0.25) is 0 Å². The van der Waals surface area contributed by atoms with Crippen LogP contribution in [0.4, 0.5) is 5.69 Å². The Morgan fingerprint density at radius 3 is 3.22 bits per heavy atom. The smallest absolute Gasteiger partial charge is 0.117 e. The number of ether oxygens (including phenoxy) is 1. The van der Waals surface area contributed by atoms with Gasteiger partial charge in [0.25, 0.3) is 0 Å². The molecule has 5 heteroatoms. The van der Waals surface area contributed by atoms with Crippen LogP contribution in [0.3, 0.4) is 0 Å². The molecule has 1 aromatic carbocycles. The molecule has 0 aliphatic carbocycles. The number of aromatic amines is 1. The van der Waals surface area contributed by atoms with E-state index in [1.807, 2.05) is 30.0 Å². The lowest BCUT2D eigenvalue weighted by Gasteiger charge is -2.11. The highest BCUT2D eigenvalue weighted by atomic mass is 32.2. The highest BCUT2D eigenvalue weighted by Gasteiger charge is 2.24. The second-order valence-electron chi connectivity index (χ2n) is 4.67. The lowest BCUT2D eigenvalue weighted by atomic mass is 10.3. The molecule has 1 fully saturated rings. The largest absolute Gasteiger partial charge is 0.399 e. The van der Waals surface area contributed by atoms with Crippen molar-refractivity contribution in [3.8, 4) is 0 Å². The number of hydrogen-bond donors (Lipinski definition) is 2. The van der Waals surface area contributed by atoms with Crippen LogP contribution >= 0.6 is 11.8 Å². The van der Waals surface area contributed by atoms with Crippen LogP contribution in [0.5, 0.6) is 0 Å². The average Bonchev–Trinajstić information content (AvgIpc) is 2.92. The Labute approximate surface area is 110 Å². The molecule has 2 unspecified atom stereocenters. The SMILES string of the molecule is CC1OCCC1SCc1nc2ccc(N)cc2[nH]1. The zero-order valence-electron chi connectivity index (χ0n) is 10.3. The monoisotopic (exact) mass is 263 g/mol. The number of aromatic nitrogens is 2. The Bertz CT molecular complexity index is 554. The van der Waals surface area contributed by atoms with Crippen LogP contribution in [0.1, 0.15) is 19.2 Å². The van der Waals surface area contributed by atoms with E-state index in [2.05, 4.69) is 16.9 Å². The Balaban J connectivity index is 1.71. The molecule has 0 amide bonds. The zero-order chi connectivity index (χ0) is 12.5. The van der Waals surface area contributed by atoms with Gasteiger partial charge < -0.3 is 15.5 Å². The number of H-pyrrole nitrogens is 1. The van der Waals surface area contributed by atoms with Crippen molar-refractivity contribution in [2.45, 2.75) is 30.5 Å². The van der Waals surface area contributed by atoms with Crippen molar-refractivity contribution in [1.82, 2.24) is 9.97 Å². The van der Waals surface area contributed by atoms with E-state index in [0.717, 1.165) is 41.3 Å². The summed E-state index contributed by atoms with van der Waals surface area (Å²) in [5.74, 6) is 1.91. The number of hydrogen-bond acceptors (Lipinski definition) is 4. The predicted octanol–water partition coefficient (Wildman–Crippen LogP) is 2.56. The van der Waals surface area contributed by atoms with Gasteiger partial charge in [0, 0.05) is 17.5 Å². The third kappa shape index (κ3) is 2.33. The number of thioether (sulfide) groups is 1. The fourth-order valence-corrected chi connectivity index (χ4v) is 3.39. The third-order valence-corrected chi connectivity index (χ3v) is 4.78. The van der Waals surface area contributed by atoms with Gasteiger partial charge in [0.05, 0.1) is 22.9 Å². The summed E-state index contributed by atoms with van der Waals surface area (Å²) >= 11 is 1.91. The van der Waals surface area contributed by atoms with E-state index in [1.165, 1.54) is 0 Å². The zero-order valence-corrected chi connectivity index (χ0v) is 11.2. The first kappa shape index (κ1) is 11.9. The summed E-state index contributed by atoms with van der Waals surface area (Å²) in [4.78, 5) is 7.89. The Hall–Kier alpha value is -1.20. The second-order valence-corrected chi connectivity index (χ2v) is 5.90. The summed E-state index contributed by atoms with van der Waals surface area (Å²) in [6.45, 7) is 3.03. The second kappa shape index (κ2) is 4.82.